The van der Waals surface area contributed by atoms with Gasteiger partial charge in [-0.25, -0.2) is 0 Å². The first-order valence-electron chi connectivity index (χ1n) is 6.67. The molecule has 0 atom stereocenters. The van der Waals surface area contributed by atoms with Crippen LogP contribution < -0.4 is 5.32 Å². The topological polar surface area (TPSA) is 45.6 Å². The summed E-state index contributed by atoms with van der Waals surface area (Å²) in [6, 6.07) is 8.40. The third-order valence-corrected chi connectivity index (χ3v) is 3.23. The minimum absolute atomic E-state index is 0.847. The highest BCUT2D eigenvalue weighted by molar-refractivity contribution is 5.81. The van der Waals surface area contributed by atoms with Gasteiger partial charge in [0.2, 0.25) is 0 Å². The lowest BCUT2D eigenvalue weighted by molar-refractivity contribution is 0.682. The Hall–Kier alpha value is -2.23. The smallest absolute Gasteiger partial charge is 0.0651 e. The predicted molar refractivity (Wildman–Crippen MR) is 78.1 cm³/mol. The van der Waals surface area contributed by atoms with Crippen molar-refractivity contribution in [3.05, 3.63) is 48.4 Å². The Morgan fingerprint density at radius 3 is 3.16 bits per heavy atom. The van der Waals surface area contributed by atoms with Crippen molar-refractivity contribution in [2.45, 2.75) is 26.4 Å². The van der Waals surface area contributed by atoms with Crippen LogP contribution in [0, 0.1) is 0 Å². The molecule has 0 fully saturated rings. The largest absolute Gasteiger partial charge is 0.381 e. The minimum Gasteiger partial charge on any atom is -0.381 e. The number of aryl methyl sites for hydroxylation is 1. The number of nitrogens with one attached hydrogen (secondary N) is 2. The molecule has 0 saturated carbocycles. The van der Waals surface area contributed by atoms with E-state index in [0.29, 0.717) is 0 Å². The maximum atomic E-state index is 4.03. The van der Waals surface area contributed by atoms with Gasteiger partial charge < -0.3 is 9.88 Å². The van der Waals surface area contributed by atoms with Gasteiger partial charge in [-0.05, 0) is 36.2 Å². The molecule has 3 rings (SSSR count). The molecular formula is C15H18N4. The van der Waals surface area contributed by atoms with E-state index in [1.165, 1.54) is 12.0 Å². The molecule has 4 nitrogen and oxygen atoms in total. The van der Waals surface area contributed by atoms with Crippen molar-refractivity contribution in [3.8, 4) is 0 Å². The Bertz CT molecular complexity index is 665. The molecule has 1 aromatic carbocycles. The Balaban J connectivity index is 1.67. The lowest BCUT2D eigenvalue weighted by Crippen LogP contribution is -1.98. The second kappa shape index (κ2) is 5.18. The number of hydrogen-bond donors (Lipinski definition) is 2. The number of rotatable bonds is 5. The SMILES string of the molecule is CCCn1ccc(CNc2ccc3[nH]ncc3c2)c1. The fourth-order valence-electron chi connectivity index (χ4n) is 2.25. The van der Waals surface area contributed by atoms with E-state index in [1.54, 1.807) is 0 Å². The van der Waals surface area contributed by atoms with Crippen LogP contribution in [-0.4, -0.2) is 14.8 Å². The number of hydrogen-bond acceptors (Lipinski definition) is 2. The molecule has 2 heterocycles. The second-order valence-electron chi connectivity index (χ2n) is 4.78. The van der Waals surface area contributed by atoms with Crippen molar-refractivity contribution >= 4 is 16.6 Å². The van der Waals surface area contributed by atoms with Crippen LogP contribution in [0.15, 0.2) is 42.9 Å². The summed E-state index contributed by atoms with van der Waals surface area (Å²) in [5.41, 5.74) is 3.50. The van der Waals surface area contributed by atoms with E-state index in [2.05, 4.69) is 57.6 Å². The van der Waals surface area contributed by atoms with Crippen LogP contribution in [0.1, 0.15) is 18.9 Å². The quantitative estimate of drug-likeness (QED) is 0.733. The van der Waals surface area contributed by atoms with E-state index < -0.39 is 0 Å². The third kappa shape index (κ3) is 2.62. The lowest BCUT2D eigenvalue weighted by Gasteiger charge is -2.05. The van der Waals surface area contributed by atoms with Crippen molar-refractivity contribution in [2.24, 2.45) is 0 Å². The molecular weight excluding hydrogens is 236 g/mol. The molecule has 0 aliphatic carbocycles. The number of anilines is 1. The molecule has 0 amide bonds. The highest BCUT2D eigenvalue weighted by atomic mass is 15.1. The highest BCUT2D eigenvalue weighted by Gasteiger charge is 1.99. The minimum atomic E-state index is 0.847. The second-order valence-corrected chi connectivity index (χ2v) is 4.78. The van der Waals surface area contributed by atoms with Crippen molar-refractivity contribution < 1.29 is 0 Å². The van der Waals surface area contributed by atoms with Gasteiger partial charge in [-0.2, -0.15) is 5.10 Å². The van der Waals surface area contributed by atoms with Gasteiger partial charge in [0.05, 0.1) is 11.7 Å². The fourth-order valence-corrected chi connectivity index (χ4v) is 2.25. The summed E-state index contributed by atoms with van der Waals surface area (Å²) in [5, 5.41) is 11.6. The van der Waals surface area contributed by atoms with Crippen LogP contribution in [0.3, 0.4) is 0 Å². The molecule has 0 unspecified atom stereocenters. The van der Waals surface area contributed by atoms with Crippen molar-refractivity contribution in [3.63, 3.8) is 0 Å². The van der Waals surface area contributed by atoms with Crippen LogP contribution in [0.2, 0.25) is 0 Å². The van der Waals surface area contributed by atoms with Gasteiger partial charge >= 0.3 is 0 Å². The maximum Gasteiger partial charge on any atom is 0.0651 e. The van der Waals surface area contributed by atoms with Gasteiger partial charge in [0.15, 0.2) is 0 Å². The van der Waals surface area contributed by atoms with E-state index in [0.717, 1.165) is 29.7 Å². The standard InChI is InChI=1S/C15H18N4/c1-2-6-19-7-5-12(11-19)9-16-14-3-4-15-13(8-14)10-17-18-15/h3-5,7-8,10-11,16H,2,6,9H2,1H3,(H,17,18). The molecule has 0 bridgehead atoms. The summed E-state index contributed by atoms with van der Waals surface area (Å²) in [6.07, 6.45) is 7.35. The van der Waals surface area contributed by atoms with Gasteiger partial charge in [-0.1, -0.05) is 6.92 Å². The number of H-pyrrole nitrogens is 1. The number of benzene rings is 1. The van der Waals surface area contributed by atoms with Crippen LogP contribution in [-0.2, 0) is 13.1 Å². The van der Waals surface area contributed by atoms with Crippen LogP contribution in [0.25, 0.3) is 10.9 Å². The molecule has 0 spiro atoms. The van der Waals surface area contributed by atoms with E-state index in [4.69, 9.17) is 0 Å². The number of nitrogens with zero attached hydrogens (tertiary/aromatic N) is 2. The van der Waals surface area contributed by atoms with E-state index in [-0.39, 0.29) is 0 Å². The van der Waals surface area contributed by atoms with Crippen molar-refractivity contribution in [1.82, 2.24) is 14.8 Å². The molecule has 0 radical (unpaired) electrons. The first-order chi connectivity index (χ1) is 9.35. The van der Waals surface area contributed by atoms with Crippen LogP contribution in [0.5, 0.6) is 0 Å². The zero-order valence-corrected chi connectivity index (χ0v) is 11.1. The summed E-state index contributed by atoms with van der Waals surface area (Å²) in [7, 11) is 0. The average molecular weight is 254 g/mol. The Kier molecular flexibility index (Phi) is 3.23. The van der Waals surface area contributed by atoms with E-state index >= 15 is 0 Å². The van der Waals surface area contributed by atoms with E-state index in [9.17, 15) is 0 Å². The van der Waals surface area contributed by atoms with Crippen molar-refractivity contribution in [2.75, 3.05) is 5.32 Å². The predicted octanol–water partition coefficient (Wildman–Crippen LogP) is 3.39. The molecule has 2 N–H and O–H groups in total. The number of aromatic nitrogens is 3. The lowest BCUT2D eigenvalue weighted by atomic mass is 10.2. The van der Waals surface area contributed by atoms with Gasteiger partial charge in [0.25, 0.3) is 0 Å². The Labute approximate surface area is 112 Å². The Morgan fingerprint density at radius 2 is 2.26 bits per heavy atom. The summed E-state index contributed by atoms with van der Waals surface area (Å²) >= 11 is 0. The first kappa shape index (κ1) is 11.8. The molecule has 0 aliphatic rings. The molecule has 0 saturated heterocycles. The van der Waals surface area contributed by atoms with Crippen molar-refractivity contribution in [1.29, 1.82) is 0 Å². The summed E-state index contributed by atoms with van der Waals surface area (Å²) in [5.74, 6) is 0. The average Bonchev–Trinajstić information content (AvgIpc) is 3.04. The maximum absolute atomic E-state index is 4.03. The number of aromatic amines is 1. The first-order valence-corrected chi connectivity index (χ1v) is 6.67. The molecule has 3 aromatic rings. The van der Waals surface area contributed by atoms with Gasteiger partial charge in [0, 0.05) is 36.6 Å². The normalized spacial score (nSPS) is 11.0. The summed E-state index contributed by atoms with van der Waals surface area (Å²) < 4.78 is 2.23. The number of fused-ring (bicyclic) bond motifs is 1. The zero-order valence-electron chi connectivity index (χ0n) is 11.1. The van der Waals surface area contributed by atoms with Gasteiger partial charge in [0.1, 0.15) is 0 Å². The fraction of sp³-hybridized carbons (Fsp3) is 0.267. The van der Waals surface area contributed by atoms with Crippen LogP contribution in [0.4, 0.5) is 5.69 Å². The zero-order chi connectivity index (χ0) is 13.1. The highest BCUT2D eigenvalue weighted by Crippen LogP contribution is 2.17. The summed E-state index contributed by atoms with van der Waals surface area (Å²) in [6.45, 7) is 4.12. The van der Waals surface area contributed by atoms with E-state index in [1.807, 2.05) is 12.3 Å². The monoisotopic (exact) mass is 254 g/mol. The van der Waals surface area contributed by atoms with Gasteiger partial charge in [-0.15, -0.1) is 0 Å². The molecule has 0 aliphatic heterocycles. The Morgan fingerprint density at radius 1 is 1.32 bits per heavy atom. The van der Waals surface area contributed by atoms with Crippen LogP contribution >= 0.6 is 0 Å². The molecule has 4 heteroatoms. The molecule has 98 valence electrons. The van der Waals surface area contributed by atoms with Gasteiger partial charge in [-0.3, -0.25) is 5.10 Å². The summed E-state index contributed by atoms with van der Waals surface area (Å²) in [4.78, 5) is 0. The third-order valence-electron chi connectivity index (χ3n) is 3.23. The molecule has 19 heavy (non-hydrogen) atoms. The molecule has 2 aromatic heterocycles.